The molecule has 0 unspecified atom stereocenters. The predicted octanol–water partition coefficient (Wildman–Crippen LogP) is 2.67. The monoisotopic (exact) mass is 189 g/mol. The average molecular weight is 190 g/mol. The second-order valence-corrected chi connectivity index (χ2v) is 4.09. The van der Waals surface area contributed by atoms with Crippen molar-refractivity contribution in [3.05, 3.63) is 15.3 Å². The number of aryl methyl sites for hydroxylation is 1. The third kappa shape index (κ3) is 2.20. The molecule has 1 amide bonds. The van der Waals surface area contributed by atoms with Crippen molar-refractivity contribution in [2.45, 2.75) is 13.8 Å². The zero-order valence-corrected chi connectivity index (χ0v) is 7.84. The summed E-state index contributed by atoms with van der Waals surface area (Å²) >= 11 is 7.18. The van der Waals surface area contributed by atoms with E-state index in [1.54, 1.807) is 6.07 Å². The highest BCUT2D eigenvalue weighted by Gasteiger charge is 2.03. The topological polar surface area (TPSA) is 29.1 Å². The van der Waals surface area contributed by atoms with E-state index in [9.17, 15) is 4.79 Å². The van der Waals surface area contributed by atoms with Crippen LogP contribution in [0.3, 0.4) is 0 Å². The number of halogens is 1. The fourth-order valence-electron chi connectivity index (χ4n) is 0.760. The molecule has 60 valence electrons. The number of anilines is 1. The smallest absolute Gasteiger partial charge is 0.221 e. The molecule has 2 nitrogen and oxygen atoms in total. The van der Waals surface area contributed by atoms with E-state index in [2.05, 4.69) is 5.32 Å². The third-order valence-corrected chi connectivity index (χ3v) is 2.38. The Hall–Kier alpha value is -0.540. The van der Waals surface area contributed by atoms with E-state index in [0.717, 1.165) is 10.6 Å². The van der Waals surface area contributed by atoms with Gasteiger partial charge in [0.05, 0.1) is 10.0 Å². The van der Waals surface area contributed by atoms with E-state index in [-0.39, 0.29) is 5.91 Å². The van der Waals surface area contributed by atoms with Crippen LogP contribution in [0.5, 0.6) is 0 Å². The number of hydrogen-bond donors (Lipinski definition) is 1. The molecule has 0 bridgehead atoms. The Labute approximate surface area is 74.2 Å². The van der Waals surface area contributed by atoms with Crippen molar-refractivity contribution >= 4 is 34.5 Å². The van der Waals surface area contributed by atoms with Crippen molar-refractivity contribution in [3.8, 4) is 0 Å². The quantitative estimate of drug-likeness (QED) is 0.723. The average Bonchev–Trinajstić information content (AvgIpc) is 2.09. The molecular weight excluding hydrogens is 182 g/mol. The van der Waals surface area contributed by atoms with E-state index in [1.807, 2.05) is 6.92 Å². The van der Waals surface area contributed by atoms with Gasteiger partial charge in [0.2, 0.25) is 5.91 Å². The van der Waals surface area contributed by atoms with Crippen LogP contribution in [0.15, 0.2) is 6.07 Å². The molecule has 0 saturated carbocycles. The normalized spacial score (nSPS) is 9.73. The van der Waals surface area contributed by atoms with Crippen molar-refractivity contribution in [1.29, 1.82) is 0 Å². The molecule has 1 aromatic rings. The van der Waals surface area contributed by atoms with Crippen LogP contribution in [0.25, 0.3) is 0 Å². The van der Waals surface area contributed by atoms with E-state index in [4.69, 9.17) is 11.6 Å². The molecular formula is C7H8ClNOS. The van der Waals surface area contributed by atoms with Crippen LogP contribution in [0.2, 0.25) is 4.34 Å². The molecule has 0 aliphatic rings. The van der Waals surface area contributed by atoms with Gasteiger partial charge < -0.3 is 5.32 Å². The minimum Gasteiger partial charge on any atom is -0.325 e. The Bertz CT molecular complexity index is 282. The molecule has 0 fully saturated rings. The summed E-state index contributed by atoms with van der Waals surface area (Å²) in [5, 5.41) is 2.68. The zero-order valence-electron chi connectivity index (χ0n) is 6.27. The first-order valence-electron chi connectivity index (χ1n) is 3.13. The summed E-state index contributed by atoms with van der Waals surface area (Å²) in [6.07, 6.45) is 0. The van der Waals surface area contributed by atoms with Gasteiger partial charge in [-0.05, 0) is 13.0 Å². The Balaban J connectivity index is 2.85. The van der Waals surface area contributed by atoms with Gasteiger partial charge in [-0.3, -0.25) is 4.79 Å². The summed E-state index contributed by atoms with van der Waals surface area (Å²) in [7, 11) is 0. The largest absolute Gasteiger partial charge is 0.325 e. The SMILES string of the molecule is CC(=O)Nc1cc(Cl)sc1C. The number of hydrogen-bond acceptors (Lipinski definition) is 2. The van der Waals surface area contributed by atoms with Gasteiger partial charge in [0.15, 0.2) is 0 Å². The minimum atomic E-state index is -0.0671. The van der Waals surface area contributed by atoms with Gasteiger partial charge in [-0.25, -0.2) is 0 Å². The van der Waals surface area contributed by atoms with Gasteiger partial charge >= 0.3 is 0 Å². The molecule has 1 heterocycles. The predicted molar refractivity (Wildman–Crippen MR) is 48.4 cm³/mol. The van der Waals surface area contributed by atoms with E-state index >= 15 is 0 Å². The second kappa shape index (κ2) is 3.24. The van der Waals surface area contributed by atoms with Crippen molar-refractivity contribution in [3.63, 3.8) is 0 Å². The maximum absolute atomic E-state index is 10.6. The molecule has 0 aromatic carbocycles. The summed E-state index contributed by atoms with van der Waals surface area (Å²) in [4.78, 5) is 11.7. The van der Waals surface area contributed by atoms with Crippen LogP contribution in [0, 0.1) is 6.92 Å². The molecule has 1 N–H and O–H groups in total. The van der Waals surface area contributed by atoms with Crippen LogP contribution < -0.4 is 5.32 Å². The summed E-state index contributed by atoms with van der Waals surface area (Å²) in [6.45, 7) is 3.40. The summed E-state index contributed by atoms with van der Waals surface area (Å²) in [6, 6.07) is 1.75. The molecule has 0 atom stereocenters. The first kappa shape index (κ1) is 8.56. The standard InChI is InChI=1S/C7H8ClNOS/c1-4-6(9-5(2)10)3-7(8)11-4/h3H,1-2H3,(H,9,10). The van der Waals surface area contributed by atoms with Crippen molar-refractivity contribution in [2.24, 2.45) is 0 Å². The first-order chi connectivity index (χ1) is 5.09. The summed E-state index contributed by atoms with van der Waals surface area (Å²) in [5.74, 6) is -0.0671. The Morgan fingerprint density at radius 3 is 2.73 bits per heavy atom. The molecule has 0 aliphatic carbocycles. The lowest BCUT2D eigenvalue weighted by Crippen LogP contribution is -2.05. The van der Waals surface area contributed by atoms with Gasteiger partial charge in [0.1, 0.15) is 0 Å². The molecule has 4 heteroatoms. The van der Waals surface area contributed by atoms with E-state index < -0.39 is 0 Å². The first-order valence-corrected chi connectivity index (χ1v) is 4.32. The van der Waals surface area contributed by atoms with Crippen LogP contribution in [-0.4, -0.2) is 5.91 Å². The van der Waals surface area contributed by atoms with Gasteiger partial charge in [0, 0.05) is 11.8 Å². The van der Waals surface area contributed by atoms with Crippen molar-refractivity contribution in [2.75, 3.05) is 5.32 Å². The van der Waals surface area contributed by atoms with Crippen molar-refractivity contribution in [1.82, 2.24) is 0 Å². The highest BCUT2D eigenvalue weighted by molar-refractivity contribution is 7.16. The Morgan fingerprint density at radius 2 is 2.36 bits per heavy atom. The lowest BCUT2D eigenvalue weighted by Gasteiger charge is -1.97. The van der Waals surface area contributed by atoms with Crippen LogP contribution >= 0.6 is 22.9 Å². The number of carbonyl (C=O) groups excluding carboxylic acids is 1. The number of carbonyl (C=O) groups is 1. The van der Waals surface area contributed by atoms with Crippen LogP contribution in [0.1, 0.15) is 11.8 Å². The van der Waals surface area contributed by atoms with Crippen molar-refractivity contribution < 1.29 is 4.79 Å². The number of thiophene rings is 1. The fourth-order valence-corrected chi connectivity index (χ4v) is 1.91. The van der Waals surface area contributed by atoms with Gasteiger partial charge in [-0.1, -0.05) is 11.6 Å². The third-order valence-electron chi connectivity index (χ3n) is 1.20. The fraction of sp³-hybridized carbons (Fsp3) is 0.286. The molecule has 11 heavy (non-hydrogen) atoms. The summed E-state index contributed by atoms with van der Waals surface area (Å²) < 4.78 is 0.700. The zero-order chi connectivity index (χ0) is 8.43. The highest BCUT2D eigenvalue weighted by Crippen LogP contribution is 2.29. The van der Waals surface area contributed by atoms with Crippen LogP contribution in [0.4, 0.5) is 5.69 Å². The van der Waals surface area contributed by atoms with Crippen LogP contribution in [-0.2, 0) is 4.79 Å². The molecule has 0 spiro atoms. The maximum atomic E-state index is 10.6. The summed E-state index contributed by atoms with van der Waals surface area (Å²) in [5.41, 5.74) is 0.813. The number of rotatable bonds is 1. The lowest BCUT2D eigenvalue weighted by atomic mass is 10.4. The van der Waals surface area contributed by atoms with Gasteiger partial charge in [-0.15, -0.1) is 11.3 Å². The van der Waals surface area contributed by atoms with Gasteiger partial charge in [-0.2, -0.15) is 0 Å². The Morgan fingerprint density at radius 1 is 1.73 bits per heavy atom. The van der Waals surface area contributed by atoms with Gasteiger partial charge in [0.25, 0.3) is 0 Å². The maximum Gasteiger partial charge on any atom is 0.221 e. The molecule has 0 aliphatic heterocycles. The highest BCUT2D eigenvalue weighted by atomic mass is 35.5. The Kier molecular flexibility index (Phi) is 2.52. The molecule has 1 aromatic heterocycles. The van der Waals surface area contributed by atoms with E-state index in [1.165, 1.54) is 18.3 Å². The number of nitrogens with one attached hydrogen (secondary N) is 1. The molecule has 0 saturated heterocycles. The van der Waals surface area contributed by atoms with E-state index in [0.29, 0.717) is 4.34 Å². The number of amides is 1. The molecule has 0 radical (unpaired) electrons. The lowest BCUT2D eigenvalue weighted by molar-refractivity contribution is -0.114. The second-order valence-electron chi connectivity index (χ2n) is 2.20. The minimum absolute atomic E-state index is 0.0671. The molecule has 1 rings (SSSR count).